The molecule has 2 aromatic heterocycles. The van der Waals surface area contributed by atoms with Crippen molar-refractivity contribution in [3.05, 3.63) is 92.8 Å². The highest BCUT2D eigenvalue weighted by atomic mass is 32.1. The summed E-state index contributed by atoms with van der Waals surface area (Å²) in [4.78, 5) is 45.0. The number of halogens is 9. The second kappa shape index (κ2) is 21.4. The van der Waals surface area contributed by atoms with Crippen LogP contribution in [0.4, 0.5) is 39.5 Å². The van der Waals surface area contributed by atoms with E-state index in [4.69, 9.17) is 29.7 Å². The number of phenolic OH excluding ortho intramolecular Hbond substituents is 1. The standard InChI is InChI=1S/C25H28N4O3S.3C2HF3O2/c30-21-8-7-20(24-23(21)29-25(32)33-24)22(31)16-27-13-10-18-5-3-4-17(14-18)9-12-26-15-19-6-1-2-11-28-19;3*3-2(4,5)1(6)7/h1-8,11,14,22,26-27,30-31H,9-10,12-13,15-16H2,(H,29,32);3*(H,6,7)/t22-;;;/m0.../s1. The van der Waals surface area contributed by atoms with Crippen LogP contribution in [0, 0.1) is 0 Å². The molecule has 0 aliphatic heterocycles. The Labute approximate surface area is 301 Å². The molecule has 4 aromatic rings. The summed E-state index contributed by atoms with van der Waals surface area (Å²) in [7, 11) is 0. The highest BCUT2D eigenvalue weighted by Crippen LogP contribution is 2.31. The first-order chi connectivity index (χ1) is 24.9. The van der Waals surface area contributed by atoms with Crippen molar-refractivity contribution in [1.82, 2.24) is 20.6 Å². The molecule has 13 nitrogen and oxygen atoms in total. The number of carbonyl (C=O) groups is 3. The highest BCUT2D eigenvalue weighted by Gasteiger charge is 2.39. The van der Waals surface area contributed by atoms with Crippen LogP contribution in [0.15, 0.2) is 65.6 Å². The number of nitrogens with zero attached hydrogens (tertiary/aromatic N) is 1. The summed E-state index contributed by atoms with van der Waals surface area (Å²) in [5.74, 6) is -8.26. The van der Waals surface area contributed by atoms with Crippen LogP contribution in [0.5, 0.6) is 5.75 Å². The van der Waals surface area contributed by atoms with E-state index in [1.54, 1.807) is 6.07 Å². The van der Waals surface area contributed by atoms with E-state index in [9.17, 15) is 54.5 Å². The zero-order valence-electron chi connectivity index (χ0n) is 27.2. The van der Waals surface area contributed by atoms with Crippen LogP contribution in [0.3, 0.4) is 0 Å². The van der Waals surface area contributed by atoms with Gasteiger partial charge in [0.2, 0.25) is 0 Å². The average molecular weight is 807 g/mol. The van der Waals surface area contributed by atoms with Crippen LogP contribution >= 0.6 is 11.3 Å². The number of carboxylic acid groups (broad SMARTS) is 3. The molecule has 2 aromatic carbocycles. The molecule has 0 radical (unpaired) electrons. The van der Waals surface area contributed by atoms with Crippen LogP contribution in [0.25, 0.3) is 10.2 Å². The van der Waals surface area contributed by atoms with Crippen molar-refractivity contribution in [2.24, 2.45) is 0 Å². The first-order valence-electron chi connectivity index (χ1n) is 14.8. The van der Waals surface area contributed by atoms with E-state index in [-0.39, 0.29) is 10.6 Å². The molecule has 0 fully saturated rings. The third-order valence-electron chi connectivity index (χ3n) is 6.22. The average Bonchev–Trinajstić information content (AvgIpc) is 3.47. The second-order valence-electron chi connectivity index (χ2n) is 10.3. The highest BCUT2D eigenvalue weighted by molar-refractivity contribution is 7.16. The van der Waals surface area contributed by atoms with Gasteiger partial charge in [0.1, 0.15) is 11.3 Å². The minimum absolute atomic E-state index is 0.0130. The number of hydrogen-bond acceptors (Lipinski definition) is 10. The Hall–Kier alpha value is -5.26. The maximum absolute atomic E-state index is 11.7. The molecule has 0 aliphatic carbocycles. The van der Waals surface area contributed by atoms with Gasteiger partial charge < -0.3 is 41.2 Å². The van der Waals surface area contributed by atoms with Crippen molar-refractivity contribution >= 4 is 39.5 Å². The first-order valence-corrected chi connectivity index (χ1v) is 15.6. The number of thiazole rings is 1. The van der Waals surface area contributed by atoms with Crippen LogP contribution in [-0.2, 0) is 33.8 Å². The summed E-state index contributed by atoms with van der Waals surface area (Å²) < 4.78 is 95.8. The number of aromatic amines is 1. The third-order valence-corrected chi connectivity index (χ3v) is 7.15. The molecule has 0 saturated heterocycles. The Morgan fingerprint density at radius 3 is 1.72 bits per heavy atom. The van der Waals surface area contributed by atoms with Gasteiger partial charge in [-0.1, -0.05) is 47.7 Å². The van der Waals surface area contributed by atoms with Crippen molar-refractivity contribution in [3.8, 4) is 5.75 Å². The molecule has 4 rings (SSSR count). The first kappa shape index (κ1) is 46.8. The van der Waals surface area contributed by atoms with E-state index in [0.717, 1.165) is 49.5 Å². The van der Waals surface area contributed by atoms with Gasteiger partial charge in [-0.3, -0.25) is 9.78 Å². The van der Waals surface area contributed by atoms with Crippen molar-refractivity contribution in [1.29, 1.82) is 0 Å². The number of fused-ring (bicyclic) bond motifs is 1. The van der Waals surface area contributed by atoms with Crippen LogP contribution in [-0.4, -0.2) is 91.6 Å². The smallest absolute Gasteiger partial charge is 0.490 e. The van der Waals surface area contributed by atoms with Crippen molar-refractivity contribution in [2.75, 3.05) is 19.6 Å². The van der Waals surface area contributed by atoms with Crippen molar-refractivity contribution < 1.29 is 79.4 Å². The Morgan fingerprint density at radius 1 is 0.759 bits per heavy atom. The lowest BCUT2D eigenvalue weighted by molar-refractivity contribution is -0.193. The maximum atomic E-state index is 11.7. The lowest BCUT2D eigenvalue weighted by atomic mass is 10.1. The Kier molecular flexibility index (Phi) is 18.6. The molecule has 0 amide bonds. The van der Waals surface area contributed by atoms with E-state index >= 15 is 0 Å². The van der Waals surface area contributed by atoms with E-state index in [0.29, 0.717) is 22.3 Å². The van der Waals surface area contributed by atoms with Gasteiger partial charge in [0.15, 0.2) is 0 Å². The van der Waals surface area contributed by atoms with Crippen LogP contribution in [0.1, 0.15) is 28.5 Å². The number of benzene rings is 2. The lowest BCUT2D eigenvalue weighted by Gasteiger charge is -2.13. The van der Waals surface area contributed by atoms with Gasteiger partial charge in [-0.05, 0) is 55.3 Å². The zero-order chi connectivity index (χ0) is 41.3. The molecule has 1 atom stereocenters. The van der Waals surface area contributed by atoms with Gasteiger partial charge in [0, 0.05) is 24.8 Å². The van der Waals surface area contributed by atoms with Crippen LogP contribution in [0.2, 0.25) is 0 Å². The SMILES string of the molecule is O=C(O)C(F)(F)F.O=C(O)C(F)(F)F.O=C(O)C(F)(F)F.O=c1[nH]c2c(O)ccc([C@@H](O)CNCCc3cccc(CCNCc4ccccn4)c3)c2s1. The van der Waals surface area contributed by atoms with E-state index in [2.05, 4.69) is 44.9 Å². The number of aliphatic carboxylic acids is 3. The number of aliphatic hydroxyl groups excluding tert-OH is 1. The molecule has 0 aliphatic rings. The minimum atomic E-state index is -5.08. The monoisotopic (exact) mass is 806 g/mol. The van der Waals surface area contributed by atoms with Gasteiger partial charge in [0.25, 0.3) is 0 Å². The minimum Gasteiger partial charge on any atom is -0.506 e. The molecule has 0 bridgehead atoms. The summed E-state index contributed by atoms with van der Waals surface area (Å²) in [5, 5.41) is 48.6. The van der Waals surface area contributed by atoms with Crippen LogP contribution < -0.4 is 15.5 Å². The summed E-state index contributed by atoms with van der Waals surface area (Å²) in [6, 6.07) is 17.7. The topological polar surface area (TPSA) is 222 Å². The van der Waals surface area contributed by atoms with Gasteiger partial charge in [0.05, 0.1) is 16.5 Å². The van der Waals surface area contributed by atoms with Gasteiger partial charge in [-0.25, -0.2) is 14.4 Å². The number of aliphatic hydroxyl groups is 1. The molecule has 0 unspecified atom stereocenters. The van der Waals surface area contributed by atoms with Gasteiger partial charge in [-0.15, -0.1) is 0 Å². The fourth-order valence-electron chi connectivity index (χ4n) is 3.78. The predicted octanol–water partition coefficient (Wildman–Crippen LogP) is 4.79. The molecule has 54 heavy (non-hydrogen) atoms. The van der Waals surface area contributed by atoms with E-state index in [1.807, 2.05) is 24.4 Å². The number of carboxylic acids is 3. The Morgan fingerprint density at radius 2 is 1.26 bits per heavy atom. The molecular formula is C31H31F9N4O9S. The van der Waals surface area contributed by atoms with E-state index < -0.39 is 42.5 Å². The number of hydrogen-bond donors (Lipinski definition) is 8. The summed E-state index contributed by atoms with van der Waals surface area (Å²) in [5.41, 5.74) is 4.59. The summed E-state index contributed by atoms with van der Waals surface area (Å²) in [6.45, 7) is 2.74. The van der Waals surface area contributed by atoms with Gasteiger partial charge >= 0.3 is 41.3 Å². The van der Waals surface area contributed by atoms with Crippen molar-refractivity contribution in [3.63, 3.8) is 0 Å². The molecular weight excluding hydrogens is 775 g/mol. The Balaban J connectivity index is 0.000000566. The fourth-order valence-corrected chi connectivity index (χ4v) is 4.69. The zero-order valence-corrected chi connectivity index (χ0v) is 28.0. The second-order valence-corrected chi connectivity index (χ2v) is 11.3. The lowest BCUT2D eigenvalue weighted by Crippen LogP contribution is -2.24. The fraction of sp³-hybridized carbons (Fsp3) is 0.323. The molecule has 0 saturated carbocycles. The summed E-state index contributed by atoms with van der Waals surface area (Å²) >= 11 is 0.998. The number of rotatable bonds is 11. The van der Waals surface area contributed by atoms with Gasteiger partial charge in [-0.2, -0.15) is 39.5 Å². The summed E-state index contributed by atoms with van der Waals surface area (Å²) in [6.07, 6.45) is -12.4. The largest absolute Gasteiger partial charge is 0.506 e. The Bertz CT molecular complexity index is 1790. The number of pyridine rings is 1. The number of nitrogens with one attached hydrogen (secondary N) is 3. The quantitative estimate of drug-likeness (QED) is 0.0758. The number of aromatic hydroxyl groups is 1. The van der Waals surface area contributed by atoms with Crippen molar-refractivity contribution in [2.45, 2.75) is 44.0 Å². The molecule has 23 heteroatoms. The molecule has 8 N–H and O–H groups in total. The third kappa shape index (κ3) is 18.0. The number of H-pyrrole nitrogens is 1. The molecule has 2 heterocycles. The molecule has 0 spiro atoms. The normalized spacial score (nSPS) is 11.9. The maximum Gasteiger partial charge on any atom is 0.490 e. The number of aromatic nitrogens is 2. The molecule has 298 valence electrons. The van der Waals surface area contributed by atoms with E-state index in [1.165, 1.54) is 17.2 Å². The predicted molar refractivity (Wildman–Crippen MR) is 173 cm³/mol. The number of alkyl halides is 9. The number of phenols is 1.